The topological polar surface area (TPSA) is 45.7 Å². The summed E-state index contributed by atoms with van der Waals surface area (Å²) in [6.07, 6.45) is 0.862. The second-order valence-electron chi connectivity index (χ2n) is 7.71. The molecule has 0 N–H and O–H groups in total. The molecule has 0 bridgehead atoms. The van der Waals surface area contributed by atoms with Gasteiger partial charge in [0.25, 0.3) is 5.91 Å². The van der Waals surface area contributed by atoms with Gasteiger partial charge in [-0.2, -0.15) is 0 Å². The minimum absolute atomic E-state index is 0. The van der Waals surface area contributed by atoms with E-state index in [0.29, 0.717) is 23.8 Å². The van der Waals surface area contributed by atoms with Gasteiger partial charge in [-0.05, 0) is 69.0 Å². The monoisotopic (exact) mass is 469 g/mol. The number of amides is 1. The third kappa shape index (κ3) is 5.21. The van der Waals surface area contributed by atoms with Gasteiger partial charge in [-0.1, -0.05) is 47.7 Å². The maximum atomic E-state index is 13.6. The summed E-state index contributed by atoms with van der Waals surface area (Å²) in [5.41, 5.74) is 1.49. The van der Waals surface area contributed by atoms with Crippen LogP contribution in [0.4, 0.5) is 5.13 Å². The summed E-state index contributed by atoms with van der Waals surface area (Å²) in [6, 6.07) is 19.9. The van der Waals surface area contributed by atoms with Gasteiger partial charge in [0.15, 0.2) is 5.13 Å². The first-order valence-electron chi connectivity index (χ1n) is 10.5. The first kappa shape index (κ1) is 24.0. The SMILES string of the molecule is CCOc1cccc2sc(N(CCCN(C)C)C(=O)c3ccc4ccccc4c3)nc12.Cl. The summed E-state index contributed by atoms with van der Waals surface area (Å²) in [5, 5.41) is 2.89. The Morgan fingerprint density at radius 1 is 1.00 bits per heavy atom. The number of rotatable bonds is 8. The van der Waals surface area contributed by atoms with Crippen molar-refractivity contribution in [3.8, 4) is 5.75 Å². The highest BCUT2D eigenvalue weighted by atomic mass is 35.5. The first-order chi connectivity index (χ1) is 15.1. The molecule has 0 unspecified atom stereocenters. The Bertz CT molecular complexity index is 1210. The molecule has 0 saturated heterocycles. The number of aromatic nitrogens is 1. The second kappa shape index (κ2) is 10.8. The molecule has 1 aromatic heterocycles. The zero-order valence-corrected chi connectivity index (χ0v) is 20.2. The van der Waals surface area contributed by atoms with Crippen LogP contribution in [-0.4, -0.2) is 49.6 Å². The Morgan fingerprint density at radius 3 is 2.53 bits per heavy atom. The largest absolute Gasteiger partial charge is 0.492 e. The number of halogens is 1. The van der Waals surface area contributed by atoms with E-state index < -0.39 is 0 Å². The van der Waals surface area contributed by atoms with Crippen LogP contribution >= 0.6 is 23.7 Å². The van der Waals surface area contributed by atoms with Crippen LogP contribution in [0, 0.1) is 0 Å². The zero-order valence-electron chi connectivity index (χ0n) is 18.6. The van der Waals surface area contributed by atoms with E-state index in [-0.39, 0.29) is 18.3 Å². The van der Waals surface area contributed by atoms with E-state index in [1.165, 1.54) is 11.3 Å². The number of ether oxygens (including phenoxy) is 1. The van der Waals surface area contributed by atoms with Crippen LogP contribution in [-0.2, 0) is 0 Å². The fourth-order valence-corrected chi connectivity index (χ4v) is 4.61. The van der Waals surface area contributed by atoms with Crippen LogP contribution in [0.1, 0.15) is 23.7 Å². The fourth-order valence-electron chi connectivity index (χ4n) is 3.61. The van der Waals surface area contributed by atoms with Gasteiger partial charge in [-0.3, -0.25) is 9.69 Å². The number of fused-ring (bicyclic) bond motifs is 2. The van der Waals surface area contributed by atoms with Crippen molar-refractivity contribution in [1.82, 2.24) is 9.88 Å². The lowest BCUT2D eigenvalue weighted by atomic mass is 10.1. The van der Waals surface area contributed by atoms with E-state index >= 15 is 0 Å². The molecule has 1 heterocycles. The maximum absolute atomic E-state index is 13.6. The maximum Gasteiger partial charge on any atom is 0.260 e. The molecule has 1 amide bonds. The van der Waals surface area contributed by atoms with E-state index in [1.807, 2.05) is 80.5 Å². The van der Waals surface area contributed by atoms with Gasteiger partial charge >= 0.3 is 0 Å². The number of anilines is 1. The van der Waals surface area contributed by atoms with Crippen molar-refractivity contribution in [2.75, 3.05) is 38.7 Å². The van der Waals surface area contributed by atoms with Gasteiger partial charge in [-0.25, -0.2) is 4.98 Å². The average Bonchev–Trinajstić information content (AvgIpc) is 3.21. The molecule has 7 heteroatoms. The lowest BCUT2D eigenvalue weighted by Crippen LogP contribution is -2.33. The molecule has 168 valence electrons. The third-order valence-electron chi connectivity index (χ3n) is 5.13. The number of hydrogen-bond donors (Lipinski definition) is 0. The standard InChI is InChI=1S/C25H27N3O2S.ClH/c1-4-30-21-11-7-12-22-23(21)26-25(31-22)28(16-8-15-27(2)3)24(29)20-14-13-18-9-5-6-10-19(18)17-20;/h5-7,9-14,17H,4,8,15-16H2,1-3H3;1H. The number of benzene rings is 3. The van der Waals surface area contributed by atoms with E-state index in [1.54, 1.807) is 0 Å². The van der Waals surface area contributed by atoms with Crippen molar-refractivity contribution in [2.45, 2.75) is 13.3 Å². The van der Waals surface area contributed by atoms with Gasteiger partial charge in [0.2, 0.25) is 0 Å². The van der Waals surface area contributed by atoms with E-state index in [4.69, 9.17) is 9.72 Å². The molecule has 0 radical (unpaired) electrons. The van der Waals surface area contributed by atoms with Crippen LogP contribution in [0.25, 0.3) is 21.0 Å². The molecule has 0 atom stereocenters. The van der Waals surface area contributed by atoms with E-state index in [9.17, 15) is 4.79 Å². The summed E-state index contributed by atoms with van der Waals surface area (Å²) in [6.45, 7) is 4.04. The van der Waals surface area contributed by atoms with Crippen molar-refractivity contribution in [1.29, 1.82) is 0 Å². The third-order valence-corrected chi connectivity index (χ3v) is 6.17. The van der Waals surface area contributed by atoms with Gasteiger partial charge < -0.3 is 9.64 Å². The Balaban J connectivity index is 0.00000289. The van der Waals surface area contributed by atoms with Crippen molar-refractivity contribution < 1.29 is 9.53 Å². The van der Waals surface area contributed by atoms with Crippen LogP contribution in [0.3, 0.4) is 0 Å². The molecule has 5 nitrogen and oxygen atoms in total. The average molecular weight is 470 g/mol. The molecule has 3 aromatic carbocycles. The number of carbonyl (C=O) groups is 1. The normalized spacial score (nSPS) is 11.0. The minimum Gasteiger partial charge on any atom is -0.492 e. The van der Waals surface area contributed by atoms with Gasteiger partial charge in [0.1, 0.15) is 11.3 Å². The fraction of sp³-hybridized carbons (Fsp3) is 0.280. The molecule has 0 saturated carbocycles. The van der Waals surface area contributed by atoms with Crippen molar-refractivity contribution in [3.63, 3.8) is 0 Å². The van der Waals surface area contributed by atoms with Gasteiger partial charge in [0, 0.05) is 12.1 Å². The van der Waals surface area contributed by atoms with E-state index in [2.05, 4.69) is 11.0 Å². The molecule has 0 fully saturated rings. The van der Waals surface area contributed by atoms with Gasteiger partial charge in [-0.15, -0.1) is 12.4 Å². The molecular weight excluding hydrogens is 442 g/mol. The predicted octanol–water partition coefficient (Wildman–Crippen LogP) is 5.87. The summed E-state index contributed by atoms with van der Waals surface area (Å²) in [4.78, 5) is 22.4. The molecule has 0 aliphatic heterocycles. The molecule has 4 aromatic rings. The van der Waals surface area contributed by atoms with Gasteiger partial charge in [0.05, 0.1) is 11.3 Å². The molecule has 32 heavy (non-hydrogen) atoms. The second-order valence-corrected chi connectivity index (χ2v) is 8.72. The Hall–Kier alpha value is -2.67. The van der Waals surface area contributed by atoms with Crippen molar-refractivity contribution in [2.24, 2.45) is 0 Å². The highest BCUT2D eigenvalue weighted by Gasteiger charge is 2.22. The lowest BCUT2D eigenvalue weighted by Gasteiger charge is -2.21. The minimum atomic E-state index is -0.0264. The Morgan fingerprint density at radius 2 is 1.78 bits per heavy atom. The number of thiazole rings is 1. The van der Waals surface area contributed by atoms with Crippen molar-refractivity contribution >= 4 is 55.8 Å². The molecule has 0 aliphatic rings. The van der Waals surface area contributed by atoms with Crippen LogP contribution in [0.5, 0.6) is 5.75 Å². The molecule has 4 rings (SSSR count). The highest BCUT2D eigenvalue weighted by Crippen LogP contribution is 2.35. The molecule has 0 spiro atoms. The molecular formula is C25H28ClN3O2S. The van der Waals surface area contributed by atoms with Crippen LogP contribution in [0.15, 0.2) is 60.7 Å². The number of carbonyl (C=O) groups excluding carboxylic acids is 1. The summed E-state index contributed by atoms with van der Waals surface area (Å²) >= 11 is 1.53. The summed E-state index contributed by atoms with van der Waals surface area (Å²) < 4.78 is 6.77. The Labute approximate surface area is 199 Å². The smallest absolute Gasteiger partial charge is 0.260 e. The molecule has 0 aliphatic carbocycles. The van der Waals surface area contributed by atoms with Crippen LogP contribution < -0.4 is 9.64 Å². The van der Waals surface area contributed by atoms with Crippen molar-refractivity contribution in [3.05, 3.63) is 66.2 Å². The zero-order chi connectivity index (χ0) is 21.8. The van der Waals surface area contributed by atoms with E-state index in [0.717, 1.165) is 39.7 Å². The highest BCUT2D eigenvalue weighted by molar-refractivity contribution is 7.22. The lowest BCUT2D eigenvalue weighted by molar-refractivity contribution is 0.0986. The quantitative estimate of drug-likeness (QED) is 0.324. The number of para-hydroxylation sites is 1. The predicted molar refractivity (Wildman–Crippen MR) is 137 cm³/mol. The van der Waals surface area contributed by atoms with Crippen LogP contribution in [0.2, 0.25) is 0 Å². The summed E-state index contributed by atoms with van der Waals surface area (Å²) in [5.74, 6) is 0.732. The summed E-state index contributed by atoms with van der Waals surface area (Å²) in [7, 11) is 4.09. The Kier molecular flexibility index (Phi) is 8.07. The number of nitrogens with zero attached hydrogens (tertiary/aromatic N) is 3. The number of hydrogen-bond acceptors (Lipinski definition) is 5. The first-order valence-corrected chi connectivity index (χ1v) is 11.4.